The number of furan rings is 1. The van der Waals surface area contributed by atoms with Crippen molar-refractivity contribution in [3.63, 3.8) is 0 Å². The summed E-state index contributed by atoms with van der Waals surface area (Å²) < 4.78 is 10.8. The monoisotopic (exact) mass is 312 g/mol. The lowest BCUT2D eigenvalue weighted by Gasteiger charge is -2.35. The molecule has 0 spiro atoms. The smallest absolute Gasteiger partial charge is 0.410 e. The molecule has 2 aliphatic heterocycles. The second-order valence-corrected chi connectivity index (χ2v) is 6.27. The summed E-state index contributed by atoms with van der Waals surface area (Å²) in [6.45, 7) is 5.86. The van der Waals surface area contributed by atoms with E-state index in [1.165, 1.54) is 5.56 Å². The number of hydrogen-bond donors (Lipinski definition) is 0. The molecule has 1 atom stereocenters. The number of aryl methyl sites for hydroxylation is 1. The average molecular weight is 312 g/mol. The molecule has 5 nitrogen and oxygen atoms in total. The summed E-state index contributed by atoms with van der Waals surface area (Å²) in [4.78, 5) is 15.8. The second-order valence-electron chi connectivity index (χ2n) is 6.27. The first-order chi connectivity index (χ1) is 11.2. The summed E-state index contributed by atoms with van der Waals surface area (Å²) >= 11 is 0. The molecular weight excluding hydrogens is 292 g/mol. The number of piperazine rings is 1. The van der Waals surface area contributed by atoms with Crippen LogP contribution in [0, 0.1) is 6.92 Å². The number of ether oxygens (including phenoxy) is 1. The molecular formula is C18H20N2O3. The molecule has 1 aromatic heterocycles. The van der Waals surface area contributed by atoms with Crippen LogP contribution in [0.4, 0.5) is 4.79 Å². The van der Waals surface area contributed by atoms with Crippen molar-refractivity contribution in [3.05, 3.63) is 47.7 Å². The lowest BCUT2D eigenvalue weighted by molar-refractivity contribution is 0.115. The Bertz CT molecular complexity index is 725. The zero-order valence-electron chi connectivity index (χ0n) is 13.2. The van der Waals surface area contributed by atoms with Crippen molar-refractivity contribution >= 4 is 6.09 Å². The Morgan fingerprint density at radius 2 is 2.13 bits per heavy atom. The number of amides is 1. The van der Waals surface area contributed by atoms with Gasteiger partial charge in [0.05, 0.1) is 6.04 Å². The lowest BCUT2D eigenvalue weighted by Crippen LogP contribution is -2.51. The molecule has 2 saturated heterocycles. The molecule has 1 amide bonds. The van der Waals surface area contributed by atoms with Crippen molar-refractivity contribution in [1.29, 1.82) is 0 Å². The molecule has 23 heavy (non-hydrogen) atoms. The van der Waals surface area contributed by atoms with Crippen molar-refractivity contribution in [1.82, 2.24) is 9.80 Å². The fourth-order valence-electron chi connectivity index (χ4n) is 3.37. The normalized spacial score (nSPS) is 21.3. The van der Waals surface area contributed by atoms with Crippen LogP contribution in [0.2, 0.25) is 0 Å². The van der Waals surface area contributed by atoms with Crippen molar-refractivity contribution < 1.29 is 13.9 Å². The number of cyclic esters (lactones) is 1. The summed E-state index contributed by atoms with van der Waals surface area (Å²) in [5.74, 6) is 1.83. The fourth-order valence-corrected chi connectivity index (χ4v) is 3.37. The first-order valence-corrected chi connectivity index (χ1v) is 8.00. The summed E-state index contributed by atoms with van der Waals surface area (Å²) in [7, 11) is 0. The van der Waals surface area contributed by atoms with Gasteiger partial charge in [0.25, 0.3) is 0 Å². The van der Waals surface area contributed by atoms with Crippen molar-refractivity contribution in [2.24, 2.45) is 0 Å². The molecule has 0 saturated carbocycles. The predicted octanol–water partition coefficient (Wildman–Crippen LogP) is 2.89. The molecule has 1 aromatic carbocycles. The van der Waals surface area contributed by atoms with Crippen LogP contribution in [0.25, 0.3) is 11.3 Å². The highest BCUT2D eigenvalue weighted by atomic mass is 16.6. The number of hydrogen-bond acceptors (Lipinski definition) is 4. The fraction of sp³-hybridized carbons (Fsp3) is 0.389. The van der Waals surface area contributed by atoms with Gasteiger partial charge in [-0.3, -0.25) is 9.80 Å². The number of fused-ring (bicyclic) bond motifs is 1. The average Bonchev–Trinajstić information content (AvgIpc) is 3.14. The van der Waals surface area contributed by atoms with E-state index in [4.69, 9.17) is 9.15 Å². The maximum Gasteiger partial charge on any atom is 0.410 e. The minimum Gasteiger partial charge on any atom is -0.461 e. The summed E-state index contributed by atoms with van der Waals surface area (Å²) in [5.41, 5.74) is 2.36. The molecule has 0 unspecified atom stereocenters. The third-order valence-corrected chi connectivity index (χ3v) is 4.56. The van der Waals surface area contributed by atoms with E-state index in [0.717, 1.165) is 43.3 Å². The molecule has 0 N–H and O–H groups in total. The Labute approximate surface area is 135 Å². The molecule has 3 heterocycles. The van der Waals surface area contributed by atoms with E-state index in [1.807, 2.05) is 24.0 Å². The number of rotatable bonds is 3. The third-order valence-electron chi connectivity index (χ3n) is 4.56. The van der Waals surface area contributed by atoms with E-state index < -0.39 is 0 Å². The third kappa shape index (κ3) is 2.84. The minimum atomic E-state index is -0.162. The SMILES string of the molecule is Cc1ccc(-c2cccc(CN3CCN4C(=O)OC[C@@H]4C3)c2)o1. The molecule has 0 bridgehead atoms. The van der Waals surface area contributed by atoms with Crippen LogP contribution >= 0.6 is 0 Å². The van der Waals surface area contributed by atoms with Gasteiger partial charge in [-0.15, -0.1) is 0 Å². The van der Waals surface area contributed by atoms with Crippen LogP contribution in [-0.4, -0.2) is 48.2 Å². The van der Waals surface area contributed by atoms with E-state index in [1.54, 1.807) is 0 Å². The van der Waals surface area contributed by atoms with Gasteiger partial charge in [0.2, 0.25) is 0 Å². The molecule has 2 aliphatic rings. The van der Waals surface area contributed by atoms with Gasteiger partial charge < -0.3 is 9.15 Å². The maximum atomic E-state index is 11.6. The van der Waals surface area contributed by atoms with E-state index in [9.17, 15) is 4.79 Å². The van der Waals surface area contributed by atoms with Crippen LogP contribution < -0.4 is 0 Å². The van der Waals surface area contributed by atoms with E-state index in [2.05, 4.69) is 29.2 Å². The Hall–Kier alpha value is -2.27. The highest BCUT2D eigenvalue weighted by Gasteiger charge is 2.37. The van der Waals surface area contributed by atoms with Crippen LogP contribution in [-0.2, 0) is 11.3 Å². The molecule has 0 radical (unpaired) electrons. The van der Waals surface area contributed by atoms with Crippen molar-refractivity contribution in [2.45, 2.75) is 19.5 Å². The van der Waals surface area contributed by atoms with Crippen molar-refractivity contribution in [2.75, 3.05) is 26.2 Å². The van der Waals surface area contributed by atoms with Gasteiger partial charge in [-0.2, -0.15) is 0 Å². The first kappa shape index (κ1) is 14.3. The lowest BCUT2D eigenvalue weighted by atomic mass is 10.1. The molecule has 2 aromatic rings. The number of nitrogens with zero attached hydrogens (tertiary/aromatic N) is 2. The Morgan fingerprint density at radius 3 is 2.96 bits per heavy atom. The van der Waals surface area contributed by atoms with Crippen molar-refractivity contribution in [3.8, 4) is 11.3 Å². The molecule has 4 rings (SSSR count). The largest absolute Gasteiger partial charge is 0.461 e. The zero-order chi connectivity index (χ0) is 15.8. The topological polar surface area (TPSA) is 45.9 Å². The number of benzene rings is 1. The van der Waals surface area contributed by atoms with Crippen LogP contribution in [0.5, 0.6) is 0 Å². The van der Waals surface area contributed by atoms with Gasteiger partial charge in [-0.05, 0) is 30.7 Å². The van der Waals surface area contributed by atoms with Gasteiger partial charge in [0.15, 0.2) is 0 Å². The predicted molar refractivity (Wildman–Crippen MR) is 86.0 cm³/mol. The zero-order valence-corrected chi connectivity index (χ0v) is 13.2. The Kier molecular flexibility index (Phi) is 3.58. The maximum absolute atomic E-state index is 11.6. The van der Waals surface area contributed by atoms with Crippen LogP contribution in [0.15, 0.2) is 40.8 Å². The summed E-state index contributed by atoms with van der Waals surface area (Å²) in [6, 6.07) is 12.7. The first-order valence-electron chi connectivity index (χ1n) is 8.00. The molecule has 2 fully saturated rings. The van der Waals surface area contributed by atoms with E-state index in [0.29, 0.717) is 6.61 Å². The van der Waals surface area contributed by atoms with Crippen LogP contribution in [0.1, 0.15) is 11.3 Å². The highest BCUT2D eigenvalue weighted by molar-refractivity contribution is 5.70. The van der Waals surface area contributed by atoms with E-state index in [-0.39, 0.29) is 12.1 Å². The van der Waals surface area contributed by atoms with Gasteiger partial charge in [-0.1, -0.05) is 18.2 Å². The summed E-state index contributed by atoms with van der Waals surface area (Å²) in [6.07, 6.45) is -0.162. The van der Waals surface area contributed by atoms with E-state index >= 15 is 0 Å². The summed E-state index contributed by atoms with van der Waals surface area (Å²) in [5, 5.41) is 0. The highest BCUT2D eigenvalue weighted by Crippen LogP contribution is 2.24. The van der Waals surface area contributed by atoms with Gasteiger partial charge in [0, 0.05) is 31.7 Å². The Morgan fingerprint density at radius 1 is 1.22 bits per heavy atom. The van der Waals surface area contributed by atoms with Gasteiger partial charge >= 0.3 is 6.09 Å². The number of carbonyl (C=O) groups is 1. The quantitative estimate of drug-likeness (QED) is 0.874. The molecule has 0 aliphatic carbocycles. The van der Waals surface area contributed by atoms with Crippen LogP contribution in [0.3, 0.4) is 0 Å². The second kappa shape index (κ2) is 5.74. The molecule has 5 heteroatoms. The minimum absolute atomic E-state index is 0.162. The molecule has 120 valence electrons. The standard InChI is InChI=1S/C18H20N2O3/c1-13-5-6-17(23-13)15-4-2-3-14(9-15)10-19-7-8-20-16(11-19)12-22-18(20)21/h2-6,9,16H,7-8,10-12H2,1H3/t16-/m0/s1. The number of carbonyl (C=O) groups excluding carboxylic acids is 1. The van der Waals surface area contributed by atoms with Gasteiger partial charge in [-0.25, -0.2) is 4.79 Å². The van der Waals surface area contributed by atoms with Gasteiger partial charge in [0.1, 0.15) is 18.1 Å². The Balaban J connectivity index is 1.46.